The van der Waals surface area contributed by atoms with Crippen molar-refractivity contribution in [3.8, 4) is 0 Å². The SMILES string of the molecule is CC(CC1CCCCCC1)[N+](=O)[O-]. The molecule has 1 unspecified atom stereocenters. The maximum absolute atomic E-state index is 10.5. The van der Waals surface area contributed by atoms with Crippen molar-refractivity contribution in [2.75, 3.05) is 0 Å². The summed E-state index contributed by atoms with van der Waals surface area (Å²) < 4.78 is 0. The van der Waals surface area contributed by atoms with Gasteiger partial charge in [0, 0.05) is 18.3 Å². The van der Waals surface area contributed by atoms with Crippen molar-refractivity contribution < 1.29 is 4.92 Å². The van der Waals surface area contributed by atoms with Crippen LogP contribution in [-0.2, 0) is 0 Å². The minimum Gasteiger partial charge on any atom is -0.264 e. The normalized spacial score (nSPS) is 22.2. The largest absolute Gasteiger partial charge is 0.264 e. The zero-order valence-electron chi connectivity index (χ0n) is 8.37. The van der Waals surface area contributed by atoms with E-state index in [0.717, 1.165) is 6.42 Å². The Balaban J connectivity index is 2.29. The molecule has 0 N–H and O–H groups in total. The molecule has 0 spiro atoms. The van der Waals surface area contributed by atoms with Gasteiger partial charge in [-0.05, 0) is 5.92 Å². The van der Waals surface area contributed by atoms with Crippen LogP contribution < -0.4 is 0 Å². The fourth-order valence-corrected chi connectivity index (χ4v) is 2.17. The van der Waals surface area contributed by atoms with E-state index in [1.165, 1.54) is 38.5 Å². The molecular formula is C10H19NO2. The molecule has 1 rings (SSSR count). The van der Waals surface area contributed by atoms with Gasteiger partial charge in [-0.2, -0.15) is 0 Å². The third-order valence-corrected chi connectivity index (χ3v) is 3.01. The van der Waals surface area contributed by atoms with E-state index in [0.29, 0.717) is 5.92 Å². The van der Waals surface area contributed by atoms with Crippen LogP contribution in [0.25, 0.3) is 0 Å². The molecule has 1 atom stereocenters. The molecule has 1 fully saturated rings. The molecule has 3 nitrogen and oxygen atoms in total. The maximum Gasteiger partial charge on any atom is 0.210 e. The highest BCUT2D eigenvalue weighted by atomic mass is 16.6. The molecule has 76 valence electrons. The van der Waals surface area contributed by atoms with Crippen molar-refractivity contribution in [2.45, 2.75) is 57.9 Å². The topological polar surface area (TPSA) is 43.1 Å². The zero-order valence-corrected chi connectivity index (χ0v) is 8.37. The van der Waals surface area contributed by atoms with Crippen LogP contribution in [0, 0.1) is 16.0 Å². The fraction of sp³-hybridized carbons (Fsp3) is 1.00. The minimum absolute atomic E-state index is 0.148. The van der Waals surface area contributed by atoms with Gasteiger partial charge in [0.15, 0.2) is 0 Å². The number of hydrogen-bond donors (Lipinski definition) is 0. The Morgan fingerprint density at radius 3 is 2.31 bits per heavy atom. The second-order valence-corrected chi connectivity index (χ2v) is 4.23. The summed E-state index contributed by atoms with van der Waals surface area (Å²) in [5, 5.41) is 10.5. The molecule has 0 aromatic rings. The quantitative estimate of drug-likeness (QED) is 0.385. The summed E-state index contributed by atoms with van der Waals surface area (Å²) in [7, 11) is 0. The molecule has 1 saturated carbocycles. The molecule has 0 heterocycles. The molecule has 0 radical (unpaired) electrons. The monoisotopic (exact) mass is 185 g/mol. The Bertz CT molecular complexity index is 162. The van der Waals surface area contributed by atoms with E-state index in [4.69, 9.17) is 0 Å². The van der Waals surface area contributed by atoms with E-state index >= 15 is 0 Å². The van der Waals surface area contributed by atoms with Crippen LogP contribution in [0.15, 0.2) is 0 Å². The molecule has 1 aliphatic rings. The molecule has 0 bridgehead atoms. The second kappa shape index (κ2) is 5.20. The van der Waals surface area contributed by atoms with Crippen LogP contribution in [0.3, 0.4) is 0 Å². The zero-order chi connectivity index (χ0) is 9.68. The molecule has 0 saturated heterocycles. The van der Waals surface area contributed by atoms with Gasteiger partial charge in [0.05, 0.1) is 0 Å². The standard InChI is InChI=1S/C10H19NO2/c1-9(11(12)13)8-10-6-4-2-3-5-7-10/h9-10H,2-8H2,1H3. The molecule has 0 aliphatic heterocycles. The van der Waals surface area contributed by atoms with Gasteiger partial charge in [-0.3, -0.25) is 10.1 Å². The summed E-state index contributed by atoms with van der Waals surface area (Å²) in [6.45, 7) is 1.73. The van der Waals surface area contributed by atoms with Crippen molar-refractivity contribution in [3.05, 3.63) is 10.1 Å². The van der Waals surface area contributed by atoms with Gasteiger partial charge in [0.25, 0.3) is 0 Å². The first-order valence-corrected chi connectivity index (χ1v) is 5.33. The molecule has 0 aromatic carbocycles. The van der Waals surface area contributed by atoms with E-state index in [2.05, 4.69) is 0 Å². The average Bonchev–Trinajstić information content (AvgIpc) is 2.32. The molecule has 0 amide bonds. The molecule has 1 aliphatic carbocycles. The lowest BCUT2D eigenvalue weighted by molar-refractivity contribution is -0.520. The molecule has 0 aromatic heterocycles. The minimum atomic E-state index is -0.344. The highest BCUT2D eigenvalue weighted by molar-refractivity contribution is 4.67. The van der Waals surface area contributed by atoms with Crippen LogP contribution in [-0.4, -0.2) is 11.0 Å². The Morgan fingerprint density at radius 2 is 1.85 bits per heavy atom. The number of nitrogens with zero attached hydrogens (tertiary/aromatic N) is 1. The van der Waals surface area contributed by atoms with Gasteiger partial charge >= 0.3 is 0 Å². The van der Waals surface area contributed by atoms with Gasteiger partial charge < -0.3 is 0 Å². The van der Waals surface area contributed by atoms with E-state index < -0.39 is 0 Å². The third kappa shape index (κ3) is 3.75. The highest BCUT2D eigenvalue weighted by Crippen LogP contribution is 2.26. The average molecular weight is 185 g/mol. The van der Waals surface area contributed by atoms with Gasteiger partial charge in [0.1, 0.15) is 0 Å². The fourth-order valence-electron chi connectivity index (χ4n) is 2.17. The van der Waals surface area contributed by atoms with Gasteiger partial charge in [-0.1, -0.05) is 38.5 Å². The van der Waals surface area contributed by atoms with Gasteiger partial charge in [-0.25, -0.2) is 0 Å². The summed E-state index contributed by atoms with van der Waals surface area (Å²) in [6.07, 6.45) is 8.39. The Hall–Kier alpha value is -0.600. The maximum atomic E-state index is 10.5. The van der Waals surface area contributed by atoms with Crippen molar-refractivity contribution in [1.29, 1.82) is 0 Å². The van der Waals surface area contributed by atoms with Crippen LogP contribution in [0.5, 0.6) is 0 Å². The lowest BCUT2D eigenvalue weighted by Gasteiger charge is -2.13. The number of nitro groups is 1. The van der Waals surface area contributed by atoms with Crippen LogP contribution in [0.2, 0.25) is 0 Å². The predicted molar refractivity (Wildman–Crippen MR) is 52.3 cm³/mol. The Morgan fingerprint density at radius 1 is 1.31 bits per heavy atom. The Labute approximate surface area is 79.7 Å². The first-order valence-electron chi connectivity index (χ1n) is 5.33. The van der Waals surface area contributed by atoms with Gasteiger partial charge in [-0.15, -0.1) is 0 Å². The van der Waals surface area contributed by atoms with Crippen LogP contribution >= 0.6 is 0 Å². The first kappa shape index (κ1) is 10.5. The summed E-state index contributed by atoms with van der Waals surface area (Å²) in [4.78, 5) is 10.3. The molecular weight excluding hydrogens is 166 g/mol. The van der Waals surface area contributed by atoms with E-state index in [-0.39, 0.29) is 11.0 Å². The number of rotatable bonds is 3. The second-order valence-electron chi connectivity index (χ2n) is 4.23. The van der Waals surface area contributed by atoms with E-state index in [1.807, 2.05) is 0 Å². The Kier molecular flexibility index (Phi) is 4.19. The molecule has 13 heavy (non-hydrogen) atoms. The first-order chi connectivity index (χ1) is 6.20. The van der Waals surface area contributed by atoms with Crippen LogP contribution in [0.4, 0.5) is 0 Å². The van der Waals surface area contributed by atoms with E-state index in [9.17, 15) is 10.1 Å². The lowest BCUT2D eigenvalue weighted by Crippen LogP contribution is -2.19. The summed E-state index contributed by atoms with van der Waals surface area (Å²) in [5.41, 5.74) is 0. The third-order valence-electron chi connectivity index (χ3n) is 3.01. The van der Waals surface area contributed by atoms with Crippen molar-refractivity contribution in [1.82, 2.24) is 0 Å². The predicted octanol–water partition coefficient (Wildman–Crippen LogP) is 3.01. The van der Waals surface area contributed by atoms with Crippen LogP contribution in [0.1, 0.15) is 51.9 Å². The van der Waals surface area contributed by atoms with Crippen molar-refractivity contribution >= 4 is 0 Å². The van der Waals surface area contributed by atoms with Crippen molar-refractivity contribution in [2.24, 2.45) is 5.92 Å². The number of hydrogen-bond acceptors (Lipinski definition) is 2. The van der Waals surface area contributed by atoms with Gasteiger partial charge in [0.2, 0.25) is 6.04 Å². The summed E-state index contributed by atoms with van der Waals surface area (Å²) in [6, 6.07) is -0.344. The van der Waals surface area contributed by atoms with Crippen molar-refractivity contribution in [3.63, 3.8) is 0 Å². The summed E-state index contributed by atoms with van der Waals surface area (Å²) >= 11 is 0. The smallest absolute Gasteiger partial charge is 0.210 e. The lowest BCUT2D eigenvalue weighted by atomic mass is 9.93. The highest BCUT2D eigenvalue weighted by Gasteiger charge is 2.20. The molecule has 3 heteroatoms. The van der Waals surface area contributed by atoms with E-state index in [1.54, 1.807) is 6.92 Å². The summed E-state index contributed by atoms with van der Waals surface area (Å²) in [5.74, 6) is 0.614.